The van der Waals surface area contributed by atoms with Crippen LogP contribution < -0.4 is 5.32 Å². The zero-order valence-corrected chi connectivity index (χ0v) is 13.1. The Morgan fingerprint density at radius 1 is 1.00 bits per heavy atom. The maximum absolute atomic E-state index is 5.46. The molecule has 0 fully saturated rings. The predicted octanol–water partition coefficient (Wildman–Crippen LogP) is 3.80. The van der Waals surface area contributed by atoms with E-state index in [1.807, 2.05) is 12.1 Å². The maximum Gasteiger partial charge on any atom is 0.117 e. The van der Waals surface area contributed by atoms with Crippen molar-refractivity contribution in [1.82, 2.24) is 10.2 Å². The molecule has 0 spiro atoms. The molecule has 0 aliphatic rings. The highest BCUT2D eigenvalue weighted by molar-refractivity contribution is 5.27. The van der Waals surface area contributed by atoms with Crippen LogP contribution in [0.5, 0.6) is 0 Å². The Morgan fingerprint density at radius 2 is 1.81 bits per heavy atom. The Morgan fingerprint density at radius 3 is 2.48 bits per heavy atom. The van der Waals surface area contributed by atoms with Gasteiger partial charge >= 0.3 is 0 Å². The number of furan rings is 1. The fourth-order valence-electron chi connectivity index (χ4n) is 2.43. The molecule has 3 heteroatoms. The number of nitrogens with zero attached hydrogens (tertiary/aromatic N) is 1. The van der Waals surface area contributed by atoms with Gasteiger partial charge in [-0.3, -0.25) is 4.90 Å². The number of rotatable bonds is 9. The number of hydrogen-bond donors (Lipinski definition) is 1. The maximum atomic E-state index is 5.46. The van der Waals surface area contributed by atoms with Gasteiger partial charge in [0, 0.05) is 13.1 Å². The lowest BCUT2D eigenvalue weighted by Crippen LogP contribution is -2.23. The van der Waals surface area contributed by atoms with Gasteiger partial charge in [0.1, 0.15) is 5.76 Å². The summed E-state index contributed by atoms with van der Waals surface area (Å²) in [6.07, 6.45) is 2.91. The first kappa shape index (κ1) is 15.8. The fraction of sp³-hybridized carbons (Fsp3) is 0.444. The standard InChI is InChI=1S/C18H26N2O/c1-3-11-19-13-16-8-5-6-9-17(16)14-20(4-2)15-18-10-7-12-21-18/h5-10,12,19H,3-4,11,13-15H2,1-2H3. The van der Waals surface area contributed by atoms with E-state index in [1.54, 1.807) is 6.26 Å². The van der Waals surface area contributed by atoms with Gasteiger partial charge in [-0.25, -0.2) is 0 Å². The van der Waals surface area contributed by atoms with Crippen LogP contribution in [0.4, 0.5) is 0 Å². The van der Waals surface area contributed by atoms with Crippen molar-refractivity contribution >= 4 is 0 Å². The average Bonchev–Trinajstić information content (AvgIpc) is 3.01. The van der Waals surface area contributed by atoms with Crippen LogP contribution in [0.3, 0.4) is 0 Å². The minimum absolute atomic E-state index is 0.861. The van der Waals surface area contributed by atoms with Crippen molar-refractivity contribution < 1.29 is 4.42 Å². The molecule has 21 heavy (non-hydrogen) atoms. The predicted molar refractivity (Wildman–Crippen MR) is 86.9 cm³/mol. The van der Waals surface area contributed by atoms with Crippen molar-refractivity contribution in [2.75, 3.05) is 13.1 Å². The summed E-state index contributed by atoms with van der Waals surface area (Å²) >= 11 is 0. The first-order chi connectivity index (χ1) is 10.3. The van der Waals surface area contributed by atoms with Gasteiger partial charge < -0.3 is 9.73 Å². The fourth-order valence-corrected chi connectivity index (χ4v) is 2.43. The summed E-state index contributed by atoms with van der Waals surface area (Å²) in [5.41, 5.74) is 2.79. The van der Waals surface area contributed by atoms with Gasteiger partial charge in [-0.15, -0.1) is 0 Å². The van der Waals surface area contributed by atoms with E-state index in [0.29, 0.717) is 0 Å². The Bertz CT molecular complexity index is 508. The normalized spacial score (nSPS) is 11.2. The molecule has 0 aliphatic heterocycles. The summed E-state index contributed by atoms with van der Waals surface area (Å²) < 4.78 is 5.46. The lowest BCUT2D eigenvalue weighted by Gasteiger charge is -2.21. The summed E-state index contributed by atoms with van der Waals surface area (Å²) in [6, 6.07) is 12.7. The van der Waals surface area contributed by atoms with Crippen LogP contribution in [0, 0.1) is 0 Å². The largest absolute Gasteiger partial charge is 0.468 e. The molecule has 0 unspecified atom stereocenters. The topological polar surface area (TPSA) is 28.4 Å². The molecule has 114 valence electrons. The molecule has 0 atom stereocenters. The van der Waals surface area contributed by atoms with Crippen LogP contribution in [0.2, 0.25) is 0 Å². The third kappa shape index (κ3) is 5.03. The molecule has 3 nitrogen and oxygen atoms in total. The lowest BCUT2D eigenvalue weighted by molar-refractivity contribution is 0.247. The number of benzene rings is 1. The summed E-state index contributed by atoms with van der Waals surface area (Å²) in [5, 5.41) is 3.49. The van der Waals surface area contributed by atoms with Crippen molar-refractivity contribution in [2.24, 2.45) is 0 Å². The highest BCUT2D eigenvalue weighted by Gasteiger charge is 2.09. The third-order valence-electron chi connectivity index (χ3n) is 3.66. The Balaban J connectivity index is 1.99. The summed E-state index contributed by atoms with van der Waals surface area (Å²) in [7, 11) is 0. The van der Waals surface area contributed by atoms with E-state index in [1.165, 1.54) is 17.5 Å². The molecule has 2 aromatic rings. The smallest absolute Gasteiger partial charge is 0.117 e. The van der Waals surface area contributed by atoms with Gasteiger partial charge in [-0.1, -0.05) is 38.1 Å². The highest BCUT2D eigenvalue weighted by atomic mass is 16.3. The molecule has 2 rings (SSSR count). The molecule has 1 aromatic carbocycles. The zero-order valence-electron chi connectivity index (χ0n) is 13.1. The summed E-state index contributed by atoms with van der Waals surface area (Å²) in [6.45, 7) is 9.24. The molecule has 0 saturated carbocycles. The molecule has 1 N–H and O–H groups in total. The minimum atomic E-state index is 0.861. The van der Waals surface area contributed by atoms with Gasteiger partial charge in [0.2, 0.25) is 0 Å². The van der Waals surface area contributed by atoms with E-state index >= 15 is 0 Å². The first-order valence-corrected chi connectivity index (χ1v) is 7.85. The zero-order chi connectivity index (χ0) is 14.9. The van der Waals surface area contributed by atoms with Crippen LogP contribution in [0.25, 0.3) is 0 Å². The molecule has 0 amide bonds. The summed E-state index contributed by atoms with van der Waals surface area (Å²) in [5.74, 6) is 1.03. The van der Waals surface area contributed by atoms with Crippen LogP contribution in [-0.2, 0) is 19.6 Å². The molecule has 1 aromatic heterocycles. The van der Waals surface area contributed by atoms with E-state index in [-0.39, 0.29) is 0 Å². The highest BCUT2D eigenvalue weighted by Crippen LogP contribution is 2.14. The van der Waals surface area contributed by atoms with Crippen LogP contribution in [0.15, 0.2) is 47.1 Å². The van der Waals surface area contributed by atoms with Gasteiger partial charge in [-0.05, 0) is 42.8 Å². The molecular formula is C18H26N2O. The quantitative estimate of drug-likeness (QED) is 0.711. The van der Waals surface area contributed by atoms with E-state index in [4.69, 9.17) is 4.42 Å². The van der Waals surface area contributed by atoms with Crippen molar-refractivity contribution in [2.45, 2.75) is 39.9 Å². The third-order valence-corrected chi connectivity index (χ3v) is 3.66. The summed E-state index contributed by atoms with van der Waals surface area (Å²) in [4.78, 5) is 2.40. The van der Waals surface area contributed by atoms with E-state index in [9.17, 15) is 0 Å². The Kier molecular flexibility index (Phi) is 6.51. The van der Waals surface area contributed by atoms with Crippen LogP contribution >= 0.6 is 0 Å². The molecule has 0 radical (unpaired) electrons. The second-order valence-electron chi connectivity index (χ2n) is 5.33. The molecule has 1 heterocycles. The Hall–Kier alpha value is -1.58. The van der Waals surface area contributed by atoms with Crippen LogP contribution in [0.1, 0.15) is 37.2 Å². The van der Waals surface area contributed by atoms with Gasteiger partial charge in [-0.2, -0.15) is 0 Å². The van der Waals surface area contributed by atoms with Crippen LogP contribution in [-0.4, -0.2) is 18.0 Å². The van der Waals surface area contributed by atoms with E-state index in [2.05, 4.69) is 48.3 Å². The second-order valence-corrected chi connectivity index (χ2v) is 5.33. The molecule has 0 aliphatic carbocycles. The molecular weight excluding hydrogens is 260 g/mol. The second kappa shape index (κ2) is 8.65. The van der Waals surface area contributed by atoms with E-state index in [0.717, 1.165) is 38.5 Å². The van der Waals surface area contributed by atoms with Gasteiger partial charge in [0.15, 0.2) is 0 Å². The number of hydrogen-bond acceptors (Lipinski definition) is 3. The minimum Gasteiger partial charge on any atom is -0.468 e. The molecule has 0 saturated heterocycles. The number of nitrogens with one attached hydrogen (secondary N) is 1. The van der Waals surface area contributed by atoms with Crippen molar-refractivity contribution in [3.05, 3.63) is 59.5 Å². The Labute approximate surface area is 128 Å². The monoisotopic (exact) mass is 286 g/mol. The van der Waals surface area contributed by atoms with Gasteiger partial charge in [0.25, 0.3) is 0 Å². The van der Waals surface area contributed by atoms with Gasteiger partial charge in [0.05, 0.1) is 12.8 Å². The molecule has 0 bridgehead atoms. The first-order valence-electron chi connectivity index (χ1n) is 7.85. The average molecular weight is 286 g/mol. The van der Waals surface area contributed by atoms with Crippen molar-refractivity contribution in [3.8, 4) is 0 Å². The van der Waals surface area contributed by atoms with Crippen molar-refractivity contribution in [1.29, 1.82) is 0 Å². The SMILES string of the molecule is CCCNCc1ccccc1CN(CC)Cc1ccco1. The van der Waals surface area contributed by atoms with E-state index < -0.39 is 0 Å². The lowest BCUT2D eigenvalue weighted by atomic mass is 10.1. The van der Waals surface area contributed by atoms with Crippen molar-refractivity contribution in [3.63, 3.8) is 0 Å².